The van der Waals surface area contributed by atoms with Gasteiger partial charge in [-0.3, -0.25) is 4.79 Å². The monoisotopic (exact) mass is 184 g/mol. The van der Waals surface area contributed by atoms with Crippen LogP contribution < -0.4 is 0 Å². The summed E-state index contributed by atoms with van der Waals surface area (Å²) in [7, 11) is 0. The number of fused-ring (bicyclic) bond motifs is 2. The van der Waals surface area contributed by atoms with Gasteiger partial charge in [-0.15, -0.1) is 0 Å². The van der Waals surface area contributed by atoms with Gasteiger partial charge in [0.05, 0.1) is 11.5 Å². The highest BCUT2D eigenvalue weighted by molar-refractivity contribution is 5.77. The maximum Gasteiger partial charge on any atom is 0.312 e. The quantitative estimate of drug-likeness (QED) is 0.645. The molecule has 3 nitrogen and oxygen atoms in total. The number of aliphatic carboxylic acids is 1. The Kier molecular flexibility index (Phi) is 1.57. The predicted molar refractivity (Wildman–Crippen MR) is 47.2 cm³/mol. The standard InChI is InChI=1S/C10H16O3/c1-9(2)6-3-4-10(5-6,7(9)11)8(12)13/h6-7,11H,3-5H2,1-2H3,(H,12,13)/t6-,7?,10-/m0/s1. The molecule has 3 atom stereocenters. The Morgan fingerprint density at radius 1 is 1.46 bits per heavy atom. The van der Waals surface area contributed by atoms with Crippen molar-refractivity contribution in [3.05, 3.63) is 0 Å². The summed E-state index contributed by atoms with van der Waals surface area (Å²) in [6.07, 6.45) is 1.60. The van der Waals surface area contributed by atoms with Gasteiger partial charge in [0.1, 0.15) is 0 Å². The van der Waals surface area contributed by atoms with Crippen LogP contribution in [0.4, 0.5) is 0 Å². The number of rotatable bonds is 1. The lowest BCUT2D eigenvalue weighted by atomic mass is 9.69. The van der Waals surface area contributed by atoms with Crippen molar-refractivity contribution in [3.8, 4) is 0 Å². The molecule has 13 heavy (non-hydrogen) atoms. The Labute approximate surface area is 77.8 Å². The first-order valence-electron chi connectivity index (χ1n) is 4.83. The molecule has 2 aliphatic carbocycles. The average Bonchev–Trinajstić information content (AvgIpc) is 2.53. The number of carboxylic acids is 1. The van der Waals surface area contributed by atoms with Gasteiger partial charge in [-0.05, 0) is 30.6 Å². The summed E-state index contributed by atoms with van der Waals surface area (Å²) in [6, 6.07) is 0. The highest BCUT2D eigenvalue weighted by atomic mass is 16.4. The number of carboxylic acid groups (broad SMARTS) is 1. The van der Waals surface area contributed by atoms with Crippen LogP contribution in [0, 0.1) is 16.7 Å². The largest absolute Gasteiger partial charge is 0.481 e. The minimum atomic E-state index is -0.825. The van der Waals surface area contributed by atoms with Crippen LogP contribution in [0.3, 0.4) is 0 Å². The highest BCUT2D eigenvalue weighted by Gasteiger charge is 2.65. The minimum Gasteiger partial charge on any atom is -0.481 e. The van der Waals surface area contributed by atoms with Crippen LogP contribution in [-0.2, 0) is 4.79 Å². The molecule has 2 fully saturated rings. The van der Waals surface area contributed by atoms with E-state index in [1.807, 2.05) is 13.8 Å². The molecule has 74 valence electrons. The Balaban J connectivity index is 2.40. The van der Waals surface area contributed by atoms with Crippen LogP contribution in [0.1, 0.15) is 33.1 Å². The van der Waals surface area contributed by atoms with Gasteiger partial charge in [0.2, 0.25) is 0 Å². The zero-order valence-electron chi connectivity index (χ0n) is 8.08. The lowest BCUT2D eigenvalue weighted by Gasteiger charge is -2.38. The zero-order chi connectivity index (χ0) is 9.85. The summed E-state index contributed by atoms with van der Waals surface area (Å²) in [5.41, 5.74) is -1.04. The first-order chi connectivity index (χ1) is 5.91. The third-order valence-electron chi connectivity index (χ3n) is 4.26. The maximum absolute atomic E-state index is 11.1. The molecule has 0 heterocycles. The van der Waals surface area contributed by atoms with Crippen molar-refractivity contribution < 1.29 is 15.0 Å². The Bertz CT molecular complexity index is 259. The number of aliphatic hydroxyl groups is 1. The average molecular weight is 184 g/mol. The molecule has 0 aromatic carbocycles. The van der Waals surface area contributed by atoms with E-state index < -0.39 is 17.5 Å². The van der Waals surface area contributed by atoms with Gasteiger partial charge < -0.3 is 10.2 Å². The summed E-state index contributed by atoms with van der Waals surface area (Å²) < 4.78 is 0. The summed E-state index contributed by atoms with van der Waals surface area (Å²) in [6.45, 7) is 3.96. The second-order valence-electron chi connectivity index (χ2n) is 5.12. The van der Waals surface area contributed by atoms with E-state index in [-0.39, 0.29) is 5.41 Å². The SMILES string of the molecule is CC1(C)C(O)[C@]2(C(=O)O)CC[C@H]1C2. The molecular weight excluding hydrogens is 168 g/mol. The Morgan fingerprint density at radius 3 is 2.38 bits per heavy atom. The van der Waals surface area contributed by atoms with E-state index in [1.54, 1.807) is 0 Å². The van der Waals surface area contributed by atoms with Crippen molar-refractivity contribution in [3.63, 3.8) is 0 Å². The van der Waals surface area contributed by atoms with E-state index in [1.165, 1.54) is 0 Å². The topological polar surface area (TPSA) is 57.5 Å². The third-order valence-corrected chi connectivity index (χ3v) is 4.26. The number of aliphatic hydroxyl groups excluding tert-OH is 1. The van der Waals surface area contributed by atoms with Gasteiger partial charge in [-0.25, -0.2) is 0 Å². The van der Waals surface area contributed by atoms with Crippen LogP contribution in [0.15, 0.2) is 0 Å². The molecule has 0 radical (unpaired) electrons. The smallest absolute Gasteiger partial charge is 0.312 e. The van der Waals surface area contributed by atoms with Gasteiger partial charge in [-0.1, -0.05) is 13.8 Å². The Hall–Kier alpha value is -0.570. The second-order valence-corrected chi connectivity index (χ2v) is 5.12. The van der Waals surface area contributed by atoms with Crippen molar-refractivity contribution in [2.75, 3.05) is 0 Å². The van der Waals surface area contributed by atoms with Gasteiger partial charge >= 0.3 is 5.97 Å². The van der Waals surface area contributed by atoms with E-state index in [2.05, 4.69) is 0 Å². The van der Waals surface area contributed by atoms with Gasteiger partial charge in [0, 0.05) is 0 Å². The molecule has 0 aliphatic heterocycles. The lowest BCUT2D eigenvalue weighted by molar-refractivity contribution is -0.159. The molecule has 2 bridgehead atoms. The van der Waals surface area contributed by atoms with Gasteiger partial charge in [-0.2, -0.15) is 0 Å². The molecule has 1 unspecified atom stereocenters. The molecule has 0 saturated heterocycles. The fraction of sp³-hybridized carbons (Fsp3) is 0.900. The fourth-order valence-corrected chi connectivity index (χ4v) is 3.21. The molecular formula is C10H16O3. The fourth-order valence-electron chi connectivity index (χ4n) is 3.21. The first-order valence-corrected chi connectivity index (χ1v) is 4.83. The molecule has 0 aromatic rings. The first kappa shape index (κ1) is 9.00. The van der Waals surface area contributed by atoms with E-state index in [0.29, 0.717) is 18.8 Å². The predicted octanol–water partition coefficient (Wildman–Crippen LogP) is 1.26. The number of hydrogen-bond acceptors (Lipinski definition) is 2. The van der Waals surface area contributed by atoms with Crippen molar-refractivity contribution in [1.82, 2.24) is 0 Å². The molecule has 0 amide bonds. The van der Waals surface area contributed by atoms with Gasteiger partial charge in [0.25, 0.3) is 0 Å². The van der Waals surface area contributed by atoms with Crippen molar-refractivity contribution in [1.29, 1.82) is 0 Å². The lowest BCUT2D eigenvalue weighted by Crippen LogP contribution is -2.45. The van der Waals surface area contributed by atoms with Crippen LogP contribution in [-0.4, -0.2) is 22.3 Å². The van der Waals surface area contributed by atoms with Crippen LogP contribution in [0.5, 0.6) is 0 Å². The molecule has 2 N–H and O–H groups in total. The van der Waals surface area contributed by atoms with E-state index in [9.17, 15) is 9.90 Å². The Morgan fingerprint density at radius 2 is 2.08 bits per heavy atom. The highest BCUT2D eigenvalue weighted by Crippen LogP contribution is 2.62. The summed E-state index contributed by atoms with van der Waals surface area (Å²) in [4.78, 5) is 11.1. The number of carbonyl (C=O) groups is 1. The molecule has 2 aliphatic rings. The normalized spacial score (nSPS) is 46.7. The van der Waals surface area contributed by atoms with E-state index in [0.717, 1.165) is 6.42 Å². The van der Waals surface area contributed by atoms with E-state index in [4.69, 9.17) is 5.11 Å². The minimum absolute atomic E-state index is 0.212. The summed E-state index contributed by atoms with van der Waals surface area (Å²) in [5.74, 6) is -0.424. The van der Waals surface area contributed by atoms with Crippen molar-refractivity contribution >= 4 is 5.97 Å². The van der Waals surface area contributed by atoms with Crippen LogP contribution in [0.25, 0.3) is 0 Å². The van der Waals surface area contributed by atoms with Gasteiger partial charge in [0.15, 0.2) is 0 Å². The summed E-state index contributed by atoms with van der Waals surface area (Å²) in [5, 5.41) is 19.1. The molecule has 0 aromatic heterocycles. The van der Waals surface area contributed by atoms with Crippen LogP contribution >= 0.6 is 0 Å². The van der Waals surface area contributed by atoms with Crippen molar-refractivity contribution in [2.45, 2.75) is 39.2 Å². The molecule has 0 spiro atoms. The van der Waals surface area contributed by atoms with E-state index >= 15 is 0 Å². The van der Waals surface area contributed by atoms with Crippen LogP contribution in [0.2, 0.25) is 0 Å². The van der Waals surface area contributed by atoms with Crippen molar-refractivity contribution in [2.24, 2.45) is 16.7 Å². The molecule has 2 rings (SSSR count). The number of hydrogen-bond donors (Lipinski definition) is 2. The third kappa shape index (κ3) is 0.857. The maximum atomic E-state index is 11.1. The zero-order valence-corrected chi connectivity index (χ0v) is 8.08. The second kappa shape index (κ2) is 2.27. The molecule has 3 heteroatoms. The molecule has 2 saturated carbocycles. The summed E-state index contributed by atoms with van der Waals surface area (Å²) >= 11 is 0.